The van der Waals surface area contributed by atoms with Crippen molar-refractivity contribution in [2.24, 2.45) is 0 Å². The lowest BCUT2D eigenvalue weighted by Gasteiger charge is -2.17. The zero-order valence-electron chi connectivity index (χ0n) is 9.54. The number of aliphatic hydroxyl groups excluding tert-OH is 2. The Hall–Kier alpha value is -0.710. The van der Waals surface area contributed by atoms with E-state index in [2.05, 4.69) is 4.98 Å². The number of nitrogens with one attached hydrogen (secondary N) is 1. The van der Waals surface area contributed by atoms with Crippen LogP contribution in [0.5, 0.6) is 0 Å². The summed E-state index contributed by atoms with van der Waals surface area (Å²) < 4.78 is 6.27. The summed E-state index contributed by atoms with van der Waals surface area (Å²) in [6.07, 6.45) is -0.902. The lowest BCUT2D eigenvalue weighted by molar-refractivity contribution is -0.0456. The molecule has 1 aliphatic rings. The van der Waals surface area contributed by atoms with Gasteiger partial charge in [-0.3, -0.25) is 14.3 Å². The number of aromatic nitrogens is 2. The lowest BCUT2D eigenvalue weighted by atomic mass is 10.2. The molecule has 1 saturated heterocycles. The highest BCUT2D eigenvalue weighted by molar-refractivity contribution is 14.1. The minimum atomic E-state index is -0.861. The third-order valence-electron chi connectivity index (χ3n) is 2.89. The van der Waals surface area contributed by atoms with E-state index >= 15 is 0 Å². The van der Waals surface area contributed by atoms with Crippen molar-refractivity contribution in [1.29, 1.82) is 0 Å². The first-order valence-corrected chi connectivity index (χ1v) is 6.60. The van der Waals surface area contributed by atoms with Crippen LogP contribution in [0, 0.1) is 6.92 Å². The zero-order chi connectivity index (χ0) is 13.4. The van der Waals surface area contributed by atoms with Gasteiger partial charge < -0.3 is 14.9 Å². The standard InChI is InChI=1S/C10H13IN2O5/c1-4-2-13(10(17)12-8(4)16)9-6(11)7(15)5(3-14)18-9/h2,5-7,9,14-15H,3H2,1H3,(H,12,16,17)/t5-,6+,7-,9-/m1/s1. The number of rotatable bonds is 2. The van der Waals surface area contributed by atoms with Gasteiger partial charge in [0, 0.05) is 11.8 Å². The second-order valence-corrected chi connectivity index (χ2v) is 5.60. The number of hydrogen-bond donors (Lipinski definition) is 3. The predicted molar refractivity (Wildman–Crippen MR) is 70.9 cm³/mol. The van der Waals surface area contributed by atoms with E-state index < -0.39 is 29.7 Å². The average Bonchev–Trinajstić information content (AvgIpc) is 2.61. The first-order valence-electron chi connectivity index (χ1n) is 5.36. The minimum absolute atomic E-state index is 0.325. The quantitative estimate of drug-likeness (QED) is 0.454. The number of aromatic amines is 1. The molecule has 18 heavy (non-hydrogen) atoms. The molecule has 100 valence electrons. The van der Waals surface area contributed by atoms with E-state index in [9.17, 15) is 14.7 Å². The van der Waals surface area contributed by atoms with E-state index in [0.29, 0.717) is 5.56 Å². The van der Waals surface area contributed by atoms with Crippen LogP contribution in [0.4, 0.5) is 0 Å². The third kappa shape index (κ3) is 2.25. The molecule has 2 heterocycles. The van der Waals surface area contributed by atoms with Crippen LogP contribution >= 0.6 is 22.6 Å². The molecule has 2 rings (SSSR count). The normalized spacial score (nSPS) is 31.8. The number of ether oxygens (including phenoxy) is 1. The Morgan fingerprint density at radius 3 is 2.78 bits per heavy atom. The summed E-state index contributed by atoms with van der Waals surface area (Å²) in [5, 5.41) is 18.9. The van der Waals surface area contributed by atoms with Gasteiger partial charge in [0.2, 0.25) is 0 Å². The van der Waals surface area contributed by atoms with Crippen LogP contribution in [-0.2, 0) is 4.74 Å². The van der Waals surface area contributed by atoms with Gasteiger partial charge in [-0.05, 0) is 6.92 Å². The van der Waals surface area contributed by atoms with Gasteiger partial charge in [0.1, 0.15) is 6.10 Å². The van der Waals surface area contributed by atoms with E-state index in [-0.39, 0.29) is 10.5 Å². The number of hydrogen-bond acceptors (Lipinski definition) is 5. The van der Waals surface area contributed by atoms with Crippen molar-refractivity contribution in [2.45, 2.75) is 29.3 Å². The van der Waals surface area contributed by atoms with Crippen LogP contribution in [-0.4, -0.2) is 42.5 Å². The minimum Gasteiger partial charge on any atom is -0.394 e. The van der Waals surface area contributed by atoms with Crippen LogP contribution < -0.4 is 11.2 Å². The maximum absolute atomic E-state index is 11.7. The zero-order valence-corrected chi connectivity index (χ0v) is 11.7. The molecule has 0 aromatic carbocycles. The molecule has 1 aromatic heterocycles. The maximum atomic E-state index is 11.7. The molecule has 1 aromatic rings. The summed E-state index contributed by atoms with van der Waals surface area (Å²) in [5.74, 6) is 0. The third-order valence-corrected chi connectivity index (χ3v) is 4.25. The predicted octanol–water partition coefficient (Wildman–Crippen LogP) is -1.10. The Bertz CT molecular complexity index is 554. The van der Waals surface area contributed by atoms with Gasteiger partial charge in [0.15, 0.2) is 6.23 Å². The highest BCUT2D eigenvalue weighted by Crippen LogP contribution is 2.33. The van der Waals surface area contributed by atoms with Crippen LogP contribution in [0.1, 0.15) is 11.8 Å². The topological polar surface area (TPSA) is 105 Å². The van der Waals surface area contributed by atoms with E-state index in [4.69, 9.17) is 9.84 Å². The number of alkyl halides is 1. The molecular formula is C10H13IN2O5. The monoisotopic (exact) mass is 368 g/mol. The Labute approximate surface area is 116 Å². The summed E-state index contributed by atoms with van der Waals surface area (Å²) in [6, 6.07) is 0. The van der Waals surface area contributed by atoms with E-state index in [0.717, 1.165) is 0 Å². The van der Waals surface area contributed by atoms with Crippen molar-refractivity contribution in [3.8, 4) is 0 Å². The van der Waals surface area contributed by atoms with Gasteiger partial charge in [0.05, 0.1) is 16.6 Å². The van der Waals surface area contributed by atoms with Gasteiger partial charge in [-0.25, -0.2) is 4.79 Å². The highest BCUT2D eigenvalue weighted by Gasteiger charge is 2.43. The molecular weight excluding hydrogens is 355 g/mol. The molecule has 8 heteroatoms. The molecule has 7 nitrogen and oxygen atoms in total. The lowest BCUT2D eigenvalue weighted by Crippen LogP contribution is -2.36. The van der Waals surface area contributed by atoms with Crippen molar-refractivity contribution >= 4 is 22.6 Å². The van der Waals surface area contributed by atoms with Crippen LogP contribution in [0.2, 0.25) is 0 Å². The molecule has 0 amide bonds. The fraction of sp³-hybridized carbons (Fsp3) is 0.600. The second-order valence-electron chi connectivity index (χ2n) is 4.16. The number of aryl methyl sites for hydroxylation is 1. The summed E-state index contributed by atoms with van der Waals surface area (Å²) in [7, 11) is 0. The Morgan fingerprint density at radius 1 is 1.56 bits per heavy atom. The second kappa shape index (κ2) is 5.11. The van der Waals surface area contributed by atoms with Crippen molar-refractivity contribution in [2.75, 3.05) is 6.61 Å². The van der Waals surface area contributed by atoms with E-state index in [1.807, 2.05) is 22.6 Å². The highest BCUT2D eigenvalue weighted by atomic mass is 127. The van der Waals surface area contributed by atoms with Gasteiger partial charge in [0.25, 0.3) is 5.56 Å². The summed E-state index contributed by atoms with van der Waals surface area (Å²) in [6.45, 7) is 1.25. The van der Waals surface area contributed by atoms with Crippen molar-refractivity contribution < 1.29 is 14.9 Å². The van der Waals surface area contributed by atoms with Crippen molar-refractivity contribution in [3.63, 3.8) is 0 Å². The molecule has 4 atom stereocenters. The molecule has 0 aliphatic carbocycles. The van der Waals surface area contributed by atoms with Crippen LogP contribution in [0.15, 0.2) is 15.8 Å². The van der Waals surface area contributed by atoms with Crippen molar-refractivity contribution in [3.05, 3.63) is 32.6 Å². The Kier molecular flexibility index (Phi) is 3.90. The first kappa shape index (κ1) is 13.7. The maximum Gasteiger partial charge on any atom is 0.330 e. The molecule has 1 fully saturated rings. The molecule has 0 bridgehead atoms. The molecule has 0 unspecified atom stereocenters. The Morgan fingerprint density at radius 2 is 2.22 bits per heavy atom. The largest absolute Gasteiger partial charge is 0.394 e. The number of H-pyrrole nitrogens is 1. The number of aliphatic hydroxyl groups is 2. The van der Waals surface area contributed by atoms with Gasteiger partial charge in [-0.15, -0.1) is 0 Å². The van der Waals surface area contributed by atoms with Gasteiger partial charge in [-0.2, -0.15) is 0 Å². The number of nitrogens with zero attached hydrogens (tertiary/aromatic N) is 1. The van der Waals surface area contributed by atoms with Crippen LogP contribution in [0.25, 0.3) is 0 Å². The number of halogens is 1. The molecule has 0 radical (unpaired) electrons. The SMILES string of the molecule is Cc1cn([C@@H]2O[C@H](CO)[C@@H](O)[C@@H]2I)c(=O)[nH]c1=O. The van der Waals surface area contributed by atoms with Gasteiger partial charge in [-0.1, -0.05) is 22.6 Å². The fourth-order valence-corrected chi connectivity index (χ4v) is 2.83. The van der Waals surface area contributed by atoms with E-state index in [1.165, 1.54) is 10.8 Å². The van der Waals surface area contributed by atoms with Gasteiger partial charge >= 0.3 is 5.69 Å². The smallest absolute Gasteiger partial charge is 0.330 e. The van der Waals surface area contributed by atoms with E-state index in [1.54, 1.807) is 6.92 Å². The molecule has 0 saturated carbocycles. The molecule has 1 aliphatic heterocycles. The summed E-state index contributed by atoms with van der Waals surface area (Å²) >= 11 is 1.96. The fourth-order valence-electron chi connectivity index (χ4n) is 1.85. The Balaban J connectivity index is 2.42. The average molecular weight is 368 g/mol. The van der Waals surface area contributed by atoms with Crippen LogP contribution in [0.3, 0.4) is 0 Å². The summed E-state index contributed by atoms with van der Waals surface area (Å²) in [5.41, 5.74) is -0.662. The first-order chi connectivity index (χ1) is 8.45. The van der Waals surface area contributed by atoms with Crippen molar-refractivity contribution in [1.82, 2.24) is 9.55 Å². The molecule has 0 spiro atoms. The summed E-state index contributed by atoms with van der Waals surface area (Å²) in [4.78, 5) is 25.2. The molecule has 3 N–H and O–H groups in total.